The van der Waals surface area contributed by atoms with E-state index in [0.29, 0.717) is 17.0 Å². The van der Waals surface area contributed by atoms with Gasteiger partial charge >= 0.3 is 5.76 Å². The van der Waals surface area contributed by atoms with Crippen LogP contribution < -0.4 is 10.7 Å². The Morgan fingerprint density at radius 2 is 2.04 bits per heavy atom. The molecule has 4 rings (SSSR count). The van der Waals surface area contributed by atoms with Crippen LogP contribution in [0.25, 0.3) is 10.8 Å². The molecule has 0 radical (unpaired) electrons. The number of carbonyl (C=O) groups is 1. The smallest absolute Gasteiger partial charge is 0.387 e. The molecule has 1 saturated heterocycles. The Balaban J connectivity index is 1.62. The van der Waals surface area contributed by atoms with Crippen LogP contribution in [0.2, 0.25) is 0 Å². The first kappa shape index (κ1) is 18.6. The predicted molar refractivity (Wildman–Crippen MR) is 105 cm³/mol. The molecule has 0 saturated carbocycles. The summed E-state index contributed by atoms with van der Waals surface area (Å²) in [5.41, 5.74) is 0.588. The van der Waals surface area contributed by atoms with Crippen LogP contribution >= 0.6 is 11.3 Å². The van der Waals surface area contributed by atoms with Crippen LogP contribution in [0.15, 0.2) is 57.1 Å². The van der Waals surface area contributed by atoms with E-state index in [2.05, 4.69) is 5.10 Å². The molecular weight excluding hydrogens is 402 g/mol. The van der Waals surface area contributed by atoms with E-state index in [1.807, 2.05) is 17.5 Å². The monoisotopic (exact) mass is 419 g/mol. The summed E-state index contributed by atoms with van der Waals surface area (Å²) >= 11 is 1.37. The molecule has 1 aromatic carbocycles. The zero-order chi connectivity index (χ0) is 19.7. The zero-order valence-corrected chi connectivity index (χ0v) is 16.4. The van der Waals surface area contributed by atoms with Crippen molar-refractivity contribution in [3.63, 3.8) is 0 Å². The first-order valence-corrected chi connectivity index (χ1v) is 11.3. The topological polar surface area (TPSA) is 102 Å². The van der Waals surface area contributed by atoms with E-state index in [1.165, 1.54) is 16.2 Å². The number of benzene rings is 1. The van der Waals surface area contributed by atoms with E-state index >= 15 is 0 Å². The summed E-state index contributed by atoms with van der Waals surface area (Å²) in [4.78, 5) is 27.3. The number of para-hydroxylation sites is 1. The molecule has 0 bridgehead atoms. The van der Waals surface area contributed by atoms with Crippen LogP contribution in [-0.4, -0.2) is 41.7 Å². The Kier molecular flexibility index (Phi) is 4.90. The first-order chi connectivity index (χ1) is 13.4. The number of sulfone groups is 1. The van der Waals surface area contributed by atoms with Gasteiger partial charge in [0.2, 0.25) is 5.91 Å². The van der Waals surface area contributed by atoms with Gasteiger partial charge in [-0.25, -0.2) is 13.2 Å². The van der Waals surface area contributed by atoms with Gasteiger partial charge in [0.25, 0.3) is 5.89 Å². The number of nitrogens with zero attached hydrogens (tertiary/aromatic N) is 3. The highest BCUT2D eigenvalue weighted by Gasteiger charge is 2.35. The van der Waals surface area contributed by atoms with E-state index in [4.69, 9.17) is 4.42 Å². The second-order valence-electron chi connectivity index (χ2n) is 6.46. The molecule has 3 aromatic rings. The molecule has 1 aliphatic heterocycles. The highest BCUT2D eigenvalue weighted by Crippen LogP contribution is 2.25. The van der Waals surface area contributed by atoms with Crippen LogP contribution in [0.4, 0.5) is 5.69 Å². The number of hydrogen-bond donors (Lipinski definition) is 0. The van der Waals surface area contributed by atoms with Crippen molar-refractivity contribution in [3.8, 4) is 10.8 Å². The van der Waals surface area contributed by atoms with Crippen LogP contribution in [0.5, 0.6) is 0 Å². The van der Waals surface area contributed by atoms with Gasteiger partial charge in [0.15, 0.2) is 9.84 Å². The van der Waals surface area contributed by atoms with E-state index in [9.17, 15) is 18.0 Å². The number of thiophene rings is 1. The molecule has 1 amide bonds. The van der Waals surface area contributed by atoms with Gasteiger partial charge in [-0.05, 0) is 30.0 Å². The molecule has 1 aliphatic rings. The second kappa shape index (κ2) is 7.36. The minimum atomic E-state index is -3.18. The molecule has 0 spiro atoms. The van der Waals surface area contributed by atoms with Crippen LogP contribution in [0.1, 0.15) is 6.42 Å². The molecule has 0 aliphatic carbocycles. The third-order valence-corrected chi connectivity index (χ3v) is 7.11. The van der Waals surface area contributed by atoms with E-state index < -0.39 is 27.5 Å². The van der Waals surface area contributed by atoms with E-state index in [0.717, 1.165) is 4.68 Å². The highest BCUT2D eigenvalue weighted by atomic mass is 32.2. The lowest BCUT2D eigenvalue weighted by Crippen LogP contribution is -2.44. The quantitative estimate of drug-likeness (QED) is 0.625. The Labute approximate surface area is 164 Å². The van der Waals surface area contributed by atoms with Gasteiger partial charge in [0.1, 0.15) is 6.54 Å². The van der Waals surface area contributed by atoms with Crippen molar-refractivity contribution >= 4 is 32.8 Å². The molecule has 1 fully saturated rings. The van der Waals surface area contributed by atoms with Crippen molar-refractivity contribution in [1.29, 1.82) is 0 Å². The Bertz CT molecular complexity index is 1130. The molecule has 2 aromatic heterocycles. The SMILES string of the molecule is O=C(Cn1nc(-c2cccs2)oc1=O)N(c1ccccc1)[C@@H]1CCS(=O)(=O)C1. The van der Waals surface area contributed by atoms with Crippen LogP contribution in [0, 0.1) is 0 Å². The van der Waals surface area contributed by atoms with Gasteiger partial charge in [0.05, 0.1) is 22.4 Å². The lowest BCUT2D eigenvalue weighted by atomic mass is 10.2. The maximum absolute atomic E-state index is 13.1. The average Bonchev–Trinajstić information content (AvgIpc) is 3.38. The number of aromatic nitrogens is 2. The summed E-state index contributed by atoms with van der Waals surface area (Å²) < 4.78 is 30.0. The van der Waals surface area contributed by atoms with Gasteiger partial charge < -0.3 is 9.32 Å². The summed E-state index contributed by atoms with van der Waals surface area (Å²) in [5.74, 6) is -1.05. The summed E-state index contributed by atoms with van der Waals surface area (Å²) in [6.45, 7) is -0.334. The molecular formula is C18H17N3O5S2. The van der Waals surface area contributed by atoms with Gasteiger partial charge in [-0.2, -0.15) is 4.68 Å². The highest BCUT2D eigenvalue weighted by molar-refractivity contribution is 7.91. The molecule has 1 atom stereocenters. The van der Waals surface area contributed by atoms with Gasteiger partial charge in [-0.15, -0.1) is 16.4 Å². The first-order valence-electron chi connectivity index (χ1n) is 8.62. The third-order valence-electron chi connectivity index (χ3n) is 4.50. The normalized spacial score (nSPS) is 18.2. The maximum Gasteiger partial charge on any atom is 0.437 e. The minimum Gasteiger partial charge on any atom is -0.387 e. The molecule has 146 valence electrons. The summed E-state index contributed by atoms with van der Waals surface area (Å²) in [6, 6.07) is 11.9. The predicted octanol–water partition coefficient (Wildman–Crippen LogP) is 1.79. The van der Waals surface area contributed by atoms with Crippen molar-refractivity contribution in [2.24, 2.45) is 0 Å². The fourth-order valence-electron chi connectivity index (χ4n) is 3.24. The second-order valence-corrected chi connectivity index (χ2v) is 9.64. The lowest BCUT2D eigenvalue weighted by Gasteiger charge is -2.28. The fourth-order valence-corrected chi connectivity index (χ4v) is 5.58. The summed E-state index contributed by atoms with van der Waals surface area (Å²) in [7, 11) is -3.18. The molecule has 28 heavy (non-hydrogen) atoms. The Morgan fingerprint density at radius 3 is 2.68 bits per heavy atom. The summed E-state index contributed by atoms with van der Waals surface area (Å²) in [5, 5.41) is 5.94. The molecule has 3 heterocycles. The van der Waals surface area contributed by atoms with Crippen molar-refractivity contribution in [2.75, 3.05) is 16.4 Å². The van der Waals surface area contributed by atoms with Crippen LogP contribution in [-0.2, 0) is 21.2 Å². The van der Waals surface area contributed by atoms with Crippen LogP contribution in [0.3, 0.4) is 0 Å². The fraction of sp³-hybridized carbons (Fsp3) is 0.278. The molecule has 0 N–H and O–H groups in total. The number of carbonyl (C=O) groups excluding carboxylic acids is 1. The van der Waals surface area contributed by atoms with Crippen molar-refractivity contribution in [1.82, 2.24) is 9.78 Å². The molecule has 10 heteroatoms. The third kappa shape index (κ3) is 3.78. The van der Waals surface area contributed by atoms with Gasteiger partial charge in [0, 0.05) is 5.69 Å². The average molecular weight is 419 g/mol. The molecule has 0 unspecified atom stereocenters. The van der Waals surface area contributed by atoms with Crippen molar-refractivity contribution < 1.29 is 17.6 Å². The zero-order valence-electron chi connectivity index (χ0n) is 14.7. The van der Waals surface area contributed by atoms with E-state index in [-0.39, 0.29) is 23.9 Å². The number of amides is 1. The standard InChI is InChI=1S/C18H17N3O5S2/c22-16(11-20-18(23)26-17(19-20)15-7-4-9-27-15)21(13-5-2-1-3-6-13)14-8-10-28(24,25)12-14/h1-7,9,14H,8,10-12H2/t14-/m1/s1. The number of anilines is 1. The largest absolute Gasteiger partial charge is 0.437 e. The van der Waals surface area contributed by atoms with Gasteiger partial charge in [-0.1, -0.05) is 24.3 Å². The Hall–Kier alpha value is -2.72. The van der Waals surface area contributed by atoms with E-state index in [1.54, 1.807) is 30.3 Å². The summed E-state index contributed by atoms with van der Waals surface area (Å²) in [6.07, 6.45) is 0.358. The lowest BCUT2D eigenvalue weighted by molar-refractivity contribution is -0.119. The maximum atomic E-state index is 13.1. The van der Waals surface area contributed by atoms with Crippen molar-refractivity contribution in [3.05, 3.63) is 58.4 Å². The number of rotatable bonds is 5. The van der Waals surface area contributed by atoms with Gasteiger partial charge in [-0.3, -0.25) is 4.79 Å². The Morgan fingerprint density at radius 1 is 1.25 bits per heavy atom. The minimum absolute atomic E-state index is 0.0424. The van der Waals surface area contributed by atoms with Crippen molar-refractivity contribution in [2.45, 2.75) is 19.0 Å². The molecule has 8 nitrogen and oxygen atoms in total. The number of hydrogen-bond acceptors (Lipinski definition) is 7.